The van der Waals surface area contributed by atoms with Gasteiger partial charge in [-0.05, 0) is 49.4 Å². The van der Waals surface area contributed by atoms with Gasteiger partial charge in [-0.3, -0.25) is 0 Å². The summed E-state index contributed by atoms with van der Waals surface area (Å²) in [4.78, 5) is 0. The summed E-state index contributed by atoms with van der Waals surface area (Å²) < 4.78 is 6.98. The second-order valence-electron chi connectivity index (χ2n) is 5.72. The second kappa shape index (κ2) is 6.27. The lowest BCUT2D eigenvalue weighted by Crippen LogP contribution is -2.29. The summed E-state index contributed by atoms with van der Waals surface area (Å²) in [6.07, 6.45) is 2.50. The predicted octanol–water partition coefficient (Wildman–Crippen LogP) is 4.36. The van der Waals surface area contributed by atoms with Gasteiger partial charge in [0.25, 0.3) is 0 Å². The molecule has 1 aromatic carbocycles. The molecular formula is C16H24BrNO. The number of halogens is 1. The summed E-state index contributed by atoms with van der Waals surface area (Å²) in [7, 11) is 1.80. The molecule has 1 aromatic rings. The first-order valence-electron chi connectivity index (χ1n) is 7.13. The van der Waals surface area contributed by atoms with E-state index in [1.165, 1.54) is 34.0 Å². The largest absolute Gasteiger partial charge is 0.496 e. The van der Waals surface area contributed by atoms with Gasteiger partial charge in [0, 0.05) is 22.5 Å². The lowest BCUT2D eigenvalue weighted by molar-refractivity contribution is 0.385. The van der Waals surface area contributed by atoms with Gasteiger partial charge < -0.3 is 10.1 Å². The Kier molecular flexibility index (Phi) is 4.91. The first-order valence-corrected chi connectivity index (χ1v) is 7.93. The lowest BCUT2D eigenvalue weighted by Gasteiger charge is -2.28. The van der Waals surface area contributed by atoms with Crippen LogP contribution in [0.4, 0.5) is 0 Å². The van der Waals surface area contributed by atoms with Crippen LogP contribution in [0.15, 0.2) is 10.5 Å². The van der Waals surface area contributed by atoms with Gasteiger partial charge in [0.1, 0.15) is 5.75 Å². The Morgan fingerprint density at radius 1 is 1.42 bits per heavy atom. The van der Waals surface area contributed by atoms with E-state index in [9.17, 15) is 0 Å². The maximum atomic E-state index is 5.78. The summed E-state index contributed by atoms with van der Waals surface area (Å²) in [6.45, 7) is 8.85. The number of methoxy groups -OCH3 is 1. The molecule has 1 unspecified atom stereocenters. The monoisotopic (exact) mass is 325 g/mol. The molecule has 1 atom stereocenters. The van der Waals surface area contributed by atoms with Crippen molar-refractivity contribution in [2.45, 2.75) is 45.4 Å². The van der Waals surface area contributed by atoms with Gasteiger partial charge in [0.05, 0.1) is 7.11 Å². The molecule has 1 heterocycles. The first kappa shape index (κ1) is 14.9. The van der Waals surface area contributed by atoms with Crippen molar-refractivity contribution in [3.8, 4) is 5.75 Å². The topological polar surface area (TPSA) is 21.3 Å². The van der Waals surface area contributed by atoms with E-state index >= 15 is 0 Å². The van der Waals surface area contributed by atoms with Gasteiger partial charge in [-0.25, -0.2) is 0 Å². The molecule has 3 heteroatoms. The highest BCUT2D eigenvalue weighted by Gasteiger charge is 2.25. The van der Waals surface area contributed by atoms with E-state index in [1.54, 1.807) is 7.11 Å². The van der Waals surface area contributed by atoms with Crippen molar-refractivity contribution in [2.24, 2.45) is 0 Å². The van der Waals surface area contributed by atoms with Crippen LogP contribution in [0.2, 0.25) is 0 Å². The molecule has 1 saturated heterocycles. The fourth-order valence-electron chi connectivity index (χ4n) is 3.01. The summed E-state index contributed by atoms with van der Waals surface area (Å²) >= 11 is 3.72. The van der Waals surface area contributed by atoms with Crippen LogP contribution in [0.1, 0.15) is 55.2 Å². The highest BCUT2D eigenvalue weighted by Crippen LogP contribution is 2.42. The van der Waals surface area contributed by atoms with Crippen LogP contribution in [-0.4, -0.2) is 20.2 Å². The van der Waals surface area contributed by atoms with Crippen LogP contribution in [0.3, 0.4) is 0 Å². The summed E-state index contributed by atoms with van der Waals surface area (Å²) in [6, 6.07) is 2.22. The van der Waals surface area contributed by atoms with Gasteiger partial charge in [-0.2, -0.15) is 0 Å². The van der Waals surface area contributed by atoms with Crippen LogP contribution in [0.25, 0.3) is 0 Å². The van der Waals surface area contributed by atoms with Gasteiger partial charge in [-0.15, -0.1) is 0 Å². The minimum absolute atomic E-state index is 0.474. The van der Waals surface area contributed by atoms with Crippen LogP contribution in [0, 0.1) is 6.92 Å². The Hall–Kier alpha value is -0.540. The molecule has 0 amide bonds. The van der Waals surface area contributed by atoms with Crippen molar-refractivity contribution in [2.75, 3.05) is 20.2 Å². The average Bonchev–Trinajstić information content (AvgIpc) is 2.41. The van der Waals surface area contributed by atoms with Gasteiger partial charge >= 0.3 is 0 Å². The minimum atomic E-state index is 0.474. The van der Waals surface area contributed by atoms with Crippen LogP contribution >= 0.6 is 15.9 Å². The highest BCUT2D eigenvalue weighted by atomic mass is 79.9. The molecule has 106 valence electrons. The fraction of sp³-hybridized carbons (Fsp3) is 0.625. The molecule has 0 radical (unpaired) electrons. The molecule has 1 aliphatic rings. The molecule has 1 N–H and O–H groups in total. The maximum absolute atomic E-state index is 5.78. The molecule has 0 spiro atoms. The average molecular weight is 326 g/mol. The number of rotatable bonds is 3. The van der Waals surface area contributed by atoms with E-state index in [4.69, 9.17) is 4.74 Å². The van der Waals surface area contributed by atoms with E-state index in [0.717, 1.165) is 18.8 Å². The zero-order valence-corrected chi connectivity index (χ0v) is 13.9. The van der Waals surface area contributed by atoms with Crippen molar-refractivity contribution in [3.05, 3.63) is 27.2 Å². The molecule has 1 aliphatic heterocycles. The highest BCUT2D eigenvalue weighted by molar-refractivity contribution is 9.10. The van der Waals surface area contributed by atoms with Gasteiger partial charge in [0.2, 0.25) is 0 Å². The third kappa shape index (κ3) is 2.97. The molecule has 19 heavy (non-hydrogen) atoms. The summed E-state index contributed by atoms with van der Waals surface area (Å²) in [5.41, 5.74) is 4.03. The van der Waals surface area contributed by atoms with E-state index < -0.39 is 0 Å². The summed E-state index contributed by atoms with van der Waals surface area (Å²) in [5, 5.41) is 3.51. The zero-order chi connectivity index (χ0) is 14.0. The Morgan fingerprint density at radius 3 is 2.68 bits per heavy atom. The number of hydrogen-bond donors (Lipinski definition) is 1. The van der Waals surface area contributed by atoms with E-state index in [1.807, 2.05) is 0 Å². The second-order valence-corrected chi connectivity index (χ2v) is 6.57. The maximum Gasteiger partial charge on any atom is 0.126 e. The quantitative estimate of drug-likeness (QED) is 0.891. The van der Waals surface area contributed by atoms with Crippen molar-refractivity contribution in [3.63, 3.8) is 0 Å². The smallest absolute Gasteiger partial charge is 0.126 e. The number of ether oxygens (including phenoxy) is 1. The molecule has 0 bridgehead atoms. The Labute approximate surface area is 125 Å². The van der Waals surface area contributed by atoms with Crippen molar-refractivity contribution < 1.29 is 4.74 Å². The van der Waals surface area contributed by atoms with E-state index in [-0.39, 0.29) is 0 Å². The molecule has 2 rings (SSSR count). The van der Waals surface area contributed by atoms with Crippen molar-refractivity contribution in [1.29, 1.82) is 0 Å². The molecule has 2 nitrogen and oxygen atoms in total. The molecular weight excluding hydrogens is 302 g/mol. The molecule has 0 saturated carbocycles. The van der Waals surface area contributed by atoms with E-state index in [0.29, 0.717) is 11.8 Å². The van der Waals surface area contributed by atoms with Crippen molar-refractivity contribution in [1.82, 2.24) is 5.32 Å². The number of nitrogens with one attached hydrogen (secondary N) is 1. The van der Waals surface area contributed by atoms with Crippen molar-refractivity contribution >= 4 is 15.9 Å². The third-order valence-corrected chi connectivity index (χ3v) is 4.91. The standard InChI is InChI=1S/C16H24BrNO/c1-10(2)13-8-14(17)11(3)15(16(13)19-4)12-6-5-7-18-9-12/h8,10,12,18H,5-7,9H2,1-4H3. The lowest BCUT2D eigenvalue weighted by atomic mass is 9.85. The molecule has 0 aliphatic carbocycles. The Morgan fingerprint density at radius 2 is 2.16 bits per heavy atom. The number of benzene rings is 1. The number of hydrogen-bond acceptors (Lipinski definition) is 2. The minimum Gasteiger partial charge on any atom is -0.496 e. The third-order valence-electron chi connectivity index (χ3n) is 4.08. The van der Waals surface area contributed by atoms with Crippen LogP contribution < -0.4 is 10.1 Å². The van der Waals surface area contributed by atoms with Gasteiger partial charge in [0.15, 0.2) is 0 Å². The number of piperidine rings is 1. The van der Waals surface area contributed by atoms with Gasteiger partial charge in [-0.1, -0.05) is 29.8 Å². The molecule has 1 fully saturated rings. The normalized spacial score (nSPS) is 19.8. The zero-order valence-electron chi connectivity index (χ0n) is 12.3. The van der Waals surface area contributed by atoms with Crippen LogP contribution in [-0.2, 0) is 0 Å². The Balaban J connectivity index is 2.55. The Bertz CT molecular complexity index is 451. The summed E-state index contributed by atoms with van der Waals surface area (Å²) in [5.74, 6) is 2.14. The molecule has 0 aromatic heterocycles. The SMILES string of the molecule is COc1c(C(C)C)cc(Br)c(C)c1C1CCCNC1. The fourth-order valence-corrected chi connectivity index (χ4v) is 3.47. The predicted molar refractivity (Wildman–Crippen MR) is 84.4 cm³/mol. The van der Waals surface area contributed by atoms with Crippen LogP contribution in [0.5, 0.6) is 5.75 Å². The first-order chi connectivity index (χ1) is 9.06. The van der Waals surface area contributed by atoms with E-state index in [2.05, 4.69) is 48.1 Å².